The summed E-state index contributed by atoms with van der Waals surface area (Å²) in [7, 11) is 0. The second kappa shape index (κ2) is 4.51. The first-order chi connectivity index (χ1) is 8.74. The summed E-state index contributed by atoms with van der Waals surface area (Å²) in [6.45, 7) is 2.37. The van der Waals surface area contributed by atoms with Crippen LogP contribution in [0.3, 0.4) is 0 Å². The molecule has 5 heteroatoms. The Bertz CT molecular complexity index is 638. The van der Waals surface area contributed by atoms with Crippen molar-refractivity contribution < 1.29 is 5.11 Å². The maximum atomic E-state index is 9.61. The van der Waals surface area contributed by atoms with Gasteiger partial charge in [0, 0.05) is 12.4 Å². The smallest absolute Gasteiger partial charge is 0.137 e. The molecule has 0 spiro atoms. The molecule has 3 rings (SSSR count). The van der Waals surface area contributed by atoms with Crippen LogP contribution in [0.1, 0.15) is 23.9 Å². The van der Waals surface area contributed by atoms with E-state index in [-0.39, 0.29) is 0 Å². The molecule has 4 nitrogen and oxygen atoms in total. The predicted molar refractivity (Wildman–Crippen MR) is 71.6 cm³/mol. The van der Waals surface area contributed by atoms with Gasteiger partial charge in [0.1, 0.15) is 16.9 Å². The average Bonchev–Trinajstić information content (AvgIpc) is 2.94. The molecule has 2 heterocycles. The largest absolute Gasteiger partial charge is 0.385 e. The highest BCUT2D eigenvalue weighted by molar-refractivity contribution is 7.18. The van der Waals surface area contributed by atoms with Crippen LogP contribution in [0.15, 0.2) is 36.7 Å². The topological polar surface area (TPSA) is 50.9 Å². The van der Waals surface area contributed by atoms with Gasteiger partial charge in [-0.3, -0.25) is 0 Å². The Morgan fingerprint density at radius 1 is 1.39 bits per heavy atom. The molecule has 92 valence electrons. The van der Waals surface area contributed by atoms with Crippen LogP contribution in [0.4, 0.5) is 0 Å². The number of imidazole rings is 1. The van der Waals surface area contributed by atoms with Crippen molar-refractivity contribution in [1.29, 1.82) is 0 Å². The van der Waals surface area contributed by atoms with E-state index in [1.807, 2.05) is 29.0 Å². The highest BCUT2D eigenvalue weighted by atomic mass is 32.1. The lowest BCUT2D eigenvalue weighted by Crippen LogP contribution is -2.06. The monoisotopic (exact) mass is 259 g/mol. The molecule has 1 N–H and O–H groups in total. The number of aliphatic hydroxyl groups is 1. The number of para-hydroxylation sites is 1. The van der Waals surface area contributed by atoms with E-state index in [0.29, 0.717) is 12.4 Å². The van der Waals surface area contributed by atoms with E-state index >= 15 is 0 Å². The third-order valence-corrected chi connectivity index (χ3v) is 3.79. The lowest BCUT2D eigenvalue weighted by atomic mass is 10.3. The fraction of sp³-hybridized carbons (Fsp3) is 0.231. The summed E-state index contributed by atoms with van der Waals surface area (Å²) in [5.41, 5.74) is 1.02. The molecule has 0 aliphatic heterocycles. The molecule has 0 bridgehead atoms. The molecule has 1 aromatic carbocycles. The van der Waals surface area contributed by atoms with E-state index < -0.39 is 6.10 Å². The lowest BCUT2D eigenvalue weighted by Gasteiger charge is -2.07. The molecule has 0 amide bonds. The fourth-order valence-corrected chi connectivity index (χ4v) is 2.92. The minimum absolute atomic E-state index is 0.561. The molecule has 0 radical (unpaired) electrons. The number of rotatable bonds is 3. The van der Waals surface area contributed by atoms with Crippen LogP contribution >= 0.6 is 11.3 Å². The van der Waals surface area contributed by atoms with E-state index in [1.165, 1.54) is 4.70 Å². The average molecular weight is 259 g/mol. The van der Waals surface area contributed by atoms with Gasteiger partial charge in [0.15, 0.2) is 0 Å². The number of hydrogen-bond acceptors (Lipinski definition) is 4. The molecular weight excluding hydrogens is 246 g/mol. The minimum atomic E-state index is -0.561. The van der Waals surface area contributed by atoms with Gasteiger partial charge in [-0.25, -0.2) is 9.97 Å². The minimum Gasteiger partial charge on any atom is -0.385 e. The number of aliphatic hydroxyl groups excluding tert-OH is 1. The molecule has 0 aliphatic carbocycles. The van der Waals surface area contributed by atoms with Crippen LogP contribution < -0.4 is 0 Å². The number of benzene rings is 1. The van der Waals surface area contributed by atoms with Crippen molar-refractivity contribution in [1.82, 2.24) is 14.5 Å². The summed E-state index contributed by atoms with van der Waals surface area (Å²) in [5.74, 6) is 0.675. The van der Waals surface area contributed by atoms with Crippen molar-refractivity contribution in [3.63, 3.8) is 0 Å². The van der Waals surface area contributed by atoms with Crippen molar-refractivity contribution in [2.75, 3.05) is 0 Å². The van der Waals surface area contributed by atoms with Crippen LogP contribution in [0.5, 0.6) is 0 Å². The van der Waals surface area contributed by atoms with Gasteiger partial charge in [0.25, 0.3) is 0 Å². The third-order valence-electron chi connectivity index (χ3n) is 2.77. The number of thiazole rings is 1. The highest BCUT2D eigenvalue weighted by Crippen LogP contribution is 2.23. The van der Waals surface area contributed by atoms with Gasteiger partial charge in [-0.15, -0.1) is 11.3 Å². The van der Waals surface area contributed by atoms with Crippen molar-refractivity contribution in [2.45, 2.75) is 19.6 Å². The van der Waals surface area contributed by atoms with E-state index in [1.54, 1.807) is 24.5 Å². The molecule has 0 aliphatic rings. The van der Waals surface area contributed by atoms with Gasteiger partial charge in [0.05, 0.1) is 16.8 Å². The molecule has 1 atom stereocenters. The summed E-state index contributed by atoms with van der Waals surface area (Å²) in [5, 5.41) is 10.6. The van der Waals surface area contributed by atoms with E-state index in [9.17, 15) is 5.11 Å². The van der Waals surface area contributed by atoms with Crippen molar-refractivity contribution in [3.8, 4) is 0 Å². The van der Waals surface area contributed by atoms with Crippen molar-refractivity contribution in [2.24, 2.45) is 0 Å². The van der Waals surface area contributed by atoms with Crippen molar-refractivity contribution in [3.05, 3.63) is 47.5 Å². The van der Waals surface area contributed by atoms with Crippen LogP contribution in [0, 0.1) is 0 Å². The fourth-order valence-electron chi connectivity index (χ4n) is 1.96. The molecule has 0 saturated carbocycles. The molecule has 0 saturated heterocycles. The Hall–Kier alpha value is -1.72. The summed E-state index contributed by atoms with van der Waals surface area (Å²) in [6.07, 6.45) is 3.01. The predicted octanol–water partition coefficient (Wildman–Crippen LogP) is 2.59. The van der Waals surface area contributed by atoms with Gasteiger partial charge in [0.2, 0.25) is 0 Å². The van der Waals surface area contributed by atoms with E-state index in [4.69, 9.17) is 0 Å². The van der Waals surface area contributed by atoms with Crippen LogP contribution in [-0.2, 0) is 6.54 Å². The second-order valence-corrected chi connectivity index (χ2v) is 5.28. The van der Waals surface area contributed by atoms with Gasteiger partial charge >= 0.3 is 0 Å². The Morgan fingerprint density at radius 2 is 2.22 bits per heavy atom. The zero-order chi connectivity index (χ0) is 12.5. The number of aromatic nitrogens is 3. The van der Waals surface area contributed by atoms with E-state index in [2.05, 4.69) is 16.0 Å². The van der Waals surface area contributed by atoms with Crippen molar-refractivity contribution >= 4 is 21.6 Å². The van der Waals surface area contributed by atoms with Gasteiger partial charge < -0.3 is 9.67 Å². The van der Waals surface area contributed by atoms with E-state index in [0.717, 1.165) is 10.5 Å². The quantitative estimate of drug-likeness (QED) is 0.786. The number of fused-ring (bicyclic) bond motifs is 1. The Morgan fingerprint density at radius 3 is 3.00 bits per heavy atom. The molecule has 0 fully saturated rings. The zero-order valence-electron chi connectivity index (χ0n) is 9.95. The Labute approximate surface area is 109 Å². The SMILES string of the molecule is CC(O)c1nccn1Cc1nc2ccccc2s1. The molecule has 2 aromatic heterocycles. The van der Waals surface area contributed by atoms with Crippen LogP contribution in [0.25, 0.3) is 10.2 Å². The second-order valence-electron chi connectivity index (χ2n) is 4.16. The summed E-state index contributed by atoms with van der Waals surface area (Å²) >= 11 is 1.67. The molecule has 1 unspecified atom stereocenters. The Kier molecular flexibility index (Phi) is 2.85. The first kappa shape index (κ1) is 11.4. The Balaban J connectivity index is 1.94. The maximum Gasteiger partial charge on any atom is 0.137 e. The number of hydrogen-bond donors (Lipinski definition) is 1. The maximum absolute atomic E-state index is 9.61. The highest BCUT2D eigenvalue weighted by Gasteiger charge is 2.10. The first-order valence-electron chi connectivity index (χ1n) is 5.77. The van der Waals surface area contributed by atoms with Gasteiger partial charge in [-0.1, -0.05) is 12.1 Å². The molecule has 3 aromatic rings. The van der Waals surface area contributed by atoms with Crippen LogP contribution in [-0.4, -0.2) is 19.6 Å². The standard InChI is InChI=1S/C13H13N3OS/c1-9(17)13-14-6-7-16(13)8-12-15-10-4-2-3-5-11(10)18-12/h2-7,9,17H,8H2,1H3. The van der Waals surface area contributed by atoms with Crippen LogP contribution in [0.2, 0.25) is 0 Å². The lowest BCUT2D eigenvalue weighted by molar-refractivity contribution is 0.184. The van der Waals surface area contributed by atoms with Gasteiger partial charge in [-0.2, -0.15) is 0 Å². The number of nitrogens with zero attached hydrogens (tertiary/aromatic N) is 3. The molecular formula is C13H13N3OS. The summed E-state index contributed by atoms with van der Waals surface area (Å²) in [4.78, 5) is 8.73. The van der Waals surface area contributed by atoms with Gasteiger partial charge in [-0.05, 0) is 19.1 Å². The summed E-state index contributed by atoms with van der Waals surface area (Å²) < 4.78 is 3.12. The summed E-state index contributed by atoms with van der Waals surface area (Å²) in [6, 6.07) is 8.09. The normalized spacial score (nSPS) is 13.0. The third kappa shape index (κ3) is 2.02. The molecule has 18 heavy (non-hydrogen) atoms. The first-order valence-corrected chi connectivity index (χ1v) is 6.59. The zero-order valence-corrected chi connectivity index (χ0v) is 10.8.